The third kappa shape index (κ3) is 7.27. The zero-order chi connectivity index (χ0) is 21.9. The lowest BCUT2D eigenvalue weighted by molar-refractivity contribution is -0.376. The molecule has 2 atom stereocenters. The van der Waals surface area contributed by atoms with Crippen LogP contribution < -0.4 is 0 Å². The Bertz CT molecular complexity index is 576. The molecule has 0 rings (SSSR count). The van der Waals surface area contributed by atoms with E-state index < -0.39 is 65.2 Å². The Morgan fingerprint density at radius 3 is 1.78 bits per heavy atom. The predicted molar refractivity (Wildman–Crippen MR) is 72.3 cm³/mol. The standard InChI is InChI=1S/C12H17F9O5S/c1-3-7(5-9(13,14)4-2)25-6-8(10(15,16)17)26-11(18,19)12(20,21)27(22,23)24/h7-8H,3-6H2,1-2H3,(H,22,23,24). The van der Waals surface area contributed by atoms with Gasteiger partial charge in [-0.15, -0.1) is 0 Å². The van der Waals surface area contributed by atoms with Crippen LogP contribution in [0.1, 0.15) is 33.1 Å². The van der Waals surface area contributed by atoms with Crippen LogP contribution in [0.5, 0.6) is 0 Å². The van der Waals surface area contributed by atoms with Gasteiger partial charge >= 0.3 is 27.7 Å². The number of halogens is 9. The first-order valence-electron chi connectivity index (χ1n) is 7.27. The van der Waals surface area contributed by atoms with Crippen molar-refractivity contribution < 1.29 is 62.0 Å². The first kappa shape index (κ1) is 26.2. The van der Waals surface area contributed by atoms with E-state index in [0.29, 0.717) is 0 Å². The molecule has 1 N–H and O–H groups in total. The third-order valence-electron chi connectivity index (χ3n) is 3.30. The summed E-state index contributed by atoms with van der Waals surface area (Å²) in [7, 11) is -6.83. The summed E-state index contributed by atoms with van der Waals surface area (Å²) in [6, 6.07) is 0. The van der Waals surface area contributed by atoms with E-state index in [-0.39, 0.29) is 6.42 Å². The summed E-state index contributed by atoms with van der Waals surface area (Å²) < 4.78 is 153. The Morgan fingerprint density at radius 1 is 0.963 bits per heavy atom. The van der Waals surface area contributed by atoms with Crippen molar-refractivity contribution in [2.45, 2.75) is 68.8 Å². The van der Waals surface area contributed by atoms with E-state index in [1.807, 2.05) is 0 Å². The summed E-state index contributed by atoms with van der Waals surface area (Å²) in [5, 5.41) is -6.40. The van der Waals surface area contributed by atoms with Crippen LogP contribution >= 0.6 is 0 Å². The molecule has 0 aromatic carbocycles. The van der Waals surface area contributed by atoms with Crippen LogP contribution in [0.3, 0.4) is 0 Å². The maximum atomic E-state index is 13.3. The molecule has 0 spiro atoms. The normalized spacial score (nSPS) is 17.0. The van der Waals surface area contributed by atoms with Gasteiger partial charge in [0.1, 0.15) is 0 Å². The van der Waals surface area contributed by atoms with Crippen molar-refractivity contribution in [3.63, 3.8) is 0 Å². The van der Waals surface area contributed by atoms with Gasteiger partial charge in [-0.3, -0.25) is 9.29 Å². The molecule has 0 aliphatic heterocycles. The van der Waals surface area contributed by atoms with E-state index >= 15 is 0 Å². The van der Waals surface area contributed by atoms with Crippen LogP contribution in [0.15, 0.2) is 0 Å². The van der Waals surface area contributed by atoms with Gasteiger partial charge in [0, 0.05) is 12.8 Å². The van der Waals surface area contributed by atoms with E-state index in [0.717, 1.165) is 6.92 Å². The quantitative estimate of drug-likeness (QED) is 0.381. The summed E-state index contributed by atoms with van der Waals surface area (Å²) in [6.45, 7) is 0.423. The highest BCUT2D eigenvalue weighted by Gasteiger charge is 2.69. The van der Waals surface area contributed by atoms with E-state index in [1.54, 1.807) is 0 Å². The Kier molecular flexibility index (Phi) is 8.44. The fourth-order valence-corrected chi connectivity index (χ4v) is 1.96. The molecular formula is C12H17F9O5S. The van der Waals surface area contributed by atoms with Crippen LogP contribution in [0.2, 0.25) is 0 Å². The minimum Gasteiger partial charge on any atom is -0.375 e. The van der Waals surface area contributed by atoms with Crippen molar-refractivity contribution in [2.75, 3.05) is 6.61 Å². The Labute approximate surface area is 148 Å². The molecule has 0 heterocycles. The van der Waals surface area contributed by atoms with Gasteiger partial charge in [0.2, 0.25) is 5.92 Å². The Hall–Kier alpha value is -0.800. The average Bonchev–Trinajstić information content (AvgIpc) is 2.47. The van der Waals surface area contributed by atoms with Crippen molar-refractivity contribution in [2.24, 2.45) is 0 Å². The number of hydrogen-bond donors (Lipinski definition) is 1. The highest BCUT2D eigenvalue weighted by atomic mass is 32.2. The van der Waals surface area contributed by atoms with Gasteiger partial charge < -0.3 is 4.74 Å². The summed E-state index contributed by atoms with van der Waals surface area (Å²) in [5.41, 5.74) is 0. The summed E-state index contributed by atoms with van der Waals surface area (Å²) >= 11 is 0. The summed E-state index contributed by atoms with van der Waals surface area (Å²) in [6.07, 6.45) is -19.4. The third-order valence-corrected chi connectivity index (χ3v) is 4.19. The van der Waals surface area contributed by atoms with Gasteiger partial charge in [0.15, 0.2) is 6.10 Å². The molecule has 27 heavy (non-hydrogen) atoms. The van der Waals surface area contributed by atoms with Gasteiger partial charge in [-0.05, 0) is 6.42 Å². The van der Waals surface area contributed by atoms with E-state index in [1.165, 1.54) is 6.92 Å². The highest BCUT2D eigenvalue weighted by molar-refractivity contribution is 7.86. The predicted octanol–water partition coefficient (Wildman–Crippen LogP) is 4.24. The fraction of sp³-hybridized carbons (Fsp3) is 1.00. The van der Waals surface area contributed by atoms with Crippen molar-refractivity contribution in [3.05, 3.63) is 0 Å². The molecule has 0 fully saturated rings. The van der Waals surface area contributed by atoms with Crippen LogP contribution in [0.25, 0.3) is 0 Å². The largest absolute Gasteiger partial charge is 0.459 e. The lowest BCUT2D eigenvalue weighted by atomic mass is 10.1. The van der Waals surface area contributed by atoms with Crippen molar-refractivity contribution in [1.82, 2.24) is 0 Å². The Balaban J connectivity index is 5.38. The fourth-order valence-electron chi connectivity index (χ4n) is 1.61. The number of ether oxygens (including phenoxy) is 2. The second kappa shape index (κ2) is 8.69. The summed E-state index contributed by atoms with van der Waals surface area (Å²) in [5.74, 6) is -3.34. The van der Waals surface area contributed by atoms with Crippen LogP contribution in [0.4, 0.5) is 39.5 Å². The molecule has 0 aliphatic carbocycles. The van der Waals surface area contributed by atoms with Crippen molar-refractivity contribution in [1.29, 1.82) is 0 Å². The van der Waals surface area contributed by atoms with Gasteiger partial charge in [-0.2, -0.15) is 39.2 Å². The van der Waals surface area contributed by atoms with Crippen LogP contribution in [0, 0.1) is 0 Å². The monoisotopic (exact) mass is 444 g/mol. The molecule has 0 radical (unpaired) electrons. The van der Waals surface area contributed by atoms with E-state index in [2.05, 4.69) is 9.47 Å². The molecule has 0 amide bonds. The molecule has 15 heteroatoms. The van der Waals surface area contributed by atoms with Gasteiger partial charge in [0.25, 0.3) is 0 Å². The SMILES string of the molecule is CCC(CC(F)(F)CC)OCC(OC(F)(F)C(F)(F)S(=O)(=O)O)C(F)(F)F. The zero-order valence-corrected chi connectivity index (χ0v) is 14.7. The molecule has 0 aliphatic rings. The van der Waals surface area contributed by atoms with Gasteiger partial charge in [0.05, 0.1) is 12.7 Å². The molecular weight excluding hydrogens is 427 g/mol. The van der Waals surface area contributed by atoms with Crippen molar-refractivity contribution >= 4 is 10.1 Å². The summed E-state index contributed by atoms with van der Waals surface area (Å²) in [4.78, 5) is 0. The first-order chi connectivity index (χ1) is 11.8. The molecule has 0 saturated carbocycles. The van der Waals surface area contributed by atoms with E-state index in [4.69, 9.17) is 4.55 Å². The molecule has 0 bridgehead atoms. The minimum absolute atomic E-state index is 0.266. The zero-order valence-electron chi connectivity index (χ0n) is 13.9. The molecule has 164 valence electrons. The smallest absolute Gasteiger partial charge is 0.375 e. The topological polar surface area (TPSA) is 72.8 Å². The van der Waals surface area contributed by atoms with Crippen LogP contribution in [-0.2, 0) is 19.6 Å². The van der Waals surface area contributed by atoms with Gasteiger partial charge in [-0.1, -0.05) is 13.8 Å². The molecule has 2 unspecified atom stereocenters. The lowest BCUT2D eigenvalue weighted by Crippen LogP contribution is -2.53. The molecule has 0 saturated heterocycles. The lowest BCUT2D eigenvalue weighted by Gasteiger charge is -2.30. The Morgan fingerprint density at radius 2 is 1.44 bits per heavy atom. The van der Waals surface area contributed by atoms with Gasteiger partial charge in [-0.25, -0.2) is 8.78 Å². The number of rotatable bonds is 11. The molecule has 0 aromatic heterocycles. The van der Waals surface area contributed by atoms with Crippen LogP contribution in [-0.4, -0.2) is 55.2 Å². The molecule has 0 aromatic rings. The average molecular weight is 444 g/mol. The van der Waals surface area contributed by atoms with Crippen molar-refractivity contribution in [3.8, 4) is 0 Å². The number of alkyl halides is 9. The minimum atomic E-state index is -6.83. The first-order valence-corrected chi connectivity index (χ1v) is 8.71. The second-order valence-corrected chi connectivity index (χ2v) is 6.90. The molecule has 5 nitrogen and oxygen atoms in total. The van der Waals surface area contributed by atoms with E-state index in [9.17, 15) is 47.9 Å². The second-order valence-electron chi connectivity index (χ2n) is 5.43. The maximum Gasteiger partial charge on any atom is 0.459 e. The highest BCUT2D eigenvalue weighted by Crippen LogP contribution is 2.42. The maximum absolute atomic E-state index is 13.3. The number of hydrogen-bond acceptors (Lipinski definition) is 4.